The first-order valence-corrected chi connectivity index (χ1v) is 4.74. The van der Waals surface area contributed by atoms with Crippen molar-refractivity contribution >= 4 is 5.69 Å². The highest BCUT2D eigenvalue weighted by atomic mass is 16.6. The van der Waals surface area contributed by atoms with Gasteiger partial charge in [0.2, 0.25) is 0 Å². The minimum absolute atomic E-state index is 0.0188. The zero-order valence-corrected chi connectivity index (χ0v) is 8.51. The molecule has 0 aliphatic heterocycles. The topological polar surface area (TPSA) is 75.4 Å². The van der Waals surface area contributed by atoms with Gasteiger partial charge in [0.25, 0.3) is 5.69 Å². The minimum atomic E-state index is -0.396. The summed E-state index contributed by atoms with van der Waals surface area (Å²) in [5.74, 6) is 0. The maximum Gasteiger partial charge on any atom is 0.274 e. The Hall–Kier alpha value is -1.46. The summed E-state index contributed by atoms with van der Waals surface area (Å²) in [6, 6.07) is 6.46. The van der Waals surface area contributed by atoms with E-state index >= 15 is 0 Å². The molecule has 5 nitrogen and oxygen atoms in total. The zero-order chi connectivity index (χ0) is 11.3. The van der Waals surface area contributed by atoms with Gasteiger partial charge in [-0.1, -0.05) is 18.2 Å². The molecule has 0 amide bonds. The fourth-order valence-corrected chi connectivity index (χ4v) is 1.41. The van der Waals surface area contributed by atoms with Crippen molar-refractivity contribution in [2.75, 3.05) is 13.2 Å². The first-order valence-electron chi connectivity index (χ1n) is 4.74. The molecule has 0 saturated carbocycles. The molecule has 0 aliphatic rings. The molecule has 0 aliphatic carbocycles. The van der Waals surface area contributed by atoms with Crippen LogP contribution >= 0.6 is 0 Å². The number of para-hydroxylation sites is 1. The van der Waals surface area contributed by atoms with Crippen LogP contribution in [0, 0.1) is 10.1 Å². The van der Waals surface area contributed by atoms with Gasteiger partial charge in [-0.3, -0.25) is 10.1 Å². The van der Waals surface area contributed by atoms with Crippen molar-refractivity contribution in [3.8, 4) is 0 Å². The van der Waals surface area contributed by atoms with E-state index in [1.54, 1.807) is 18.2 Å². The molecule has 0 aromatic heterocycles. The van der Waals surface area contributed by atoms with Crippen LogP contribution in [0.2, 0.25) is 0 Å². The summed E-state index contributed by atoms with van der Waals surface area (Å²) in [6.45, 7) is 2.27. The number of benzene rings is 1. The molecule has 1 rings (SSSR count). The fraction of sp³-hybridized carbons (Fsp3) is 0.400. The number of nitro groups is 1. The SMILES string of the molecule is CC(NCCO)c1ccccc1[N+](=O)[O-]. The molecule has 1 unspecified atom stereocenters. The van der Waals surface area contributed by atoms with E-state index in [9.17, 15) is 10.1 Å². The number of nitro benzene ring substituents is 1. The molecule has 0 fully saturated rings. The second-order valence-corrected chi connectivity index (χ2v) is 3.22. The Morgan fingerprint density at radius 2 is 2.20 bits per heavy atom. The molecule has 0 radical (unpaired) electrons. The average molecular weight is 210 g/mol. The third-order valence-corrected chi connectivity index (χ3v) is 2.16. The van der Waals surface area contributed by atoms with Crippen molar-refractivity contribution in [2.24, 2.45) is 0 Å². The molecular formula is C10H14N2O3. The van der Waals surface area contributed by atoms with Gasteiger partial charge in [0, 0.05) is 24.2 Å². The number of aliphatic hydroxyl groups excluding tert-OH is 1. The van der Waals surface area contributed by atoms with Crippen LogP contribution in [0.25, 0.3) is 0 Å². The number of nitrogens with one attached hydrogen (secondary N) is 1. The van der Waals surface area contributed by atoms with Crippen LogP contribution in [0.5, 0.6) is 0 Å². The van der Waals surface area contributed by atoms with Crippen molar-refractivity contribution < 1.29 is 10.0 Å². The second-order valence-electron chi connectivity index (χ2n) is 3.22. The quantitative estimate of drug-likeness (QED) is 0.566. The third-order valence-electron chi connectivity index (χ3n) is 2.16. The van der Waals surface area contributed by atoms with Crippen LogP contribution in [-0.2, 0) is 0 Å². The van der Waals surface area contributed by atoms with Gasteiger partial charge < -0.3 is 10.4 Å². The number of nitrogens with zero attached hydrogens (tertiary/aromatic N) is 1. The number of hydrogen-bond acceptors (Lipinski definition) is 4. The Bertz CT molecular complexity index is 341. The maximum atomic E-state index is 10.7. The Morgan fingerprint density at radius 1 is 1.53 bits per heavy atom. The van der Waals surface area contributed by atoms with Crippen molar-refractivity contribution in [3.63, 3.8) is 0 Å². The predicted octanol–water partition coefficient (Wildman–Crippen LogP) is 1.24. The van der Waals surface area contributed by atoms with E-state index in [1.807, 2.05) is 6.92 Å². The van der Waals surface area contributed by atoms with Crippen LogP contribution in [-0.4, -0.2) is 23.2 Å². The van der Waals surface area contributed by atoms with Crippen LogP contribution < -0.4 is 5.32 Å². The van der Waals surface area contributed by atoms with E-state index in [2.05, 4.69) is 5.32 Å². The lowest BCUT2D eigenvalue weighted by atomic mass is 10.1. The van der Waals surface area contributed by atoms with Gasteiger partial charge in [-0.05, 0) is 6.92 Å². The highest BCUT2D eigenvalue weighted by Gasteiger charge is 2.16. The van der Waals surface area contributed by atoms with Gasteiger partial charge >= 0.3 is 0 Å². The van der Waals surface area contributed by atoms with E-state index in [4.69, 9.17) is 5.11 Å². The molecule has 0 saturated heterocycles. The predicted molar refractivity (Wildman–Crippen MR) is 56.6 cm³/mol. The van der Waals surface area contributed by atoms with Gasteiger partial charge in [0.15, 0.2) is 0 Å². The van der Waals surface area contributed by atoms with E-state index < -0.39 is 4.92 Å². The average Bonchev–Trinajstić information content (AvgIpc) is 2.25. The Morgan fingerprint density at radius 3 is 2.80 bits per heavy atom. The van der Waals surface area contributed by atoms with E-state index in [0.717, 1.165) is 0 Å². The molecule has 15 heavy (non-hydrogen) atoms. The largest absolute Gasteiger partial charge is 0.395 e. The normalized spacial score (nSPS) is 12.4. The molecule has 82 valence electrons. The first-order chi connectivity index (χ1) is 7.16. The van der Waals surface area contributed by atoms with Crippen LogP contribution in [0.4, 0.5) is 5.69 Å². The second kappa shape index (κ2) is 5.43. The van der Waals surface area contributed by atoms with Crippen LogP contribution in [0.3, 0.4) is 0 Å². The fourth-order valence-electron chi connectivity index (χ4n) is 1.41. The smallest absolute Gasteiger partial charge is 0.274 e. The summed E-state index contributed by atoms with van der Waals surface area (Å²) in [5.41, 5.74) is 0.742. The molecule has 0 heterocycles. The Balaban J connectivity index is 2.87. The highest BCUT2D eigenvalue weighted by molar-refractivity contribution is 5.41. The summed E-state index contributed by atoms with van der Waals surface area (Å²) >= 11 is 0. The van der Waals surface area contributed by atoms with Gasteiger partial charge in [-0.25, -0.2) is 0 Å². The Labute approximate surface area is 87.9 Å². The molecule has 0 bridgehead atoms. The standard InChI is InChI=1S/C10H14N2O3/c1-8(11-6-7-13)9-4-2-3-5-10(9)12(14)15/h2-5,8,11,13H,6-7H2,1H3. The van der Waals surface area contributed by atoms with E-state index in [1.165, 1.54) is 6.07 Å². The van der Waals surface area contributed by atoms with Crippen LogP contribution in [0.1, 0.15) is 18.5 Å². The third kappa shape index (κ3) is 3.00. The number of hydrogen-bond donors (Lipinski definition) is 2. The zero-order valence-electron chi connectivity index (χ0n) is 8.51. The summed E-state index contributed by atoms with van der Waals surface area (Å²) in [6.07, 6.45) is 0. The summed E-state index contributed by atoms with van der Waals surface area (Å²) in [7, 11) is 0. The molecule has 1 atom stereocenters. The summed E-state index contributed by atoms with van der Waals surface area (Å²) < 4.78 is 0. The van der Waals surface area contributed by atoms with E-state index in [-0.39, 0.29) is 18.3 Å². The first kappa shape index (κ1) is 11.6. The maximum absolute atomic E-state index is 10.7. The van der Waals surface area contributed by atoms with Crippen molar-refractivity contribution in [1.82, 2.24) is 5.32 Å². The molecular weight excluding hydrogens is 196 g/mol. The van der Waals surface area contributed by atoms with Crippen LogP contribution in [0.15, 0.2) is 24.3 Å². The van der Waals surface area contributed by atoms with Gasteiger partial charge in [-0.2, -0.15) is 0 Å². The monoisotopic (exact) mass is 210 g/mol. The molecule has 2 N–H and O–H groups in total. The van der Waals surface area contributed by atoms with Crippen molar-refractivity contribution in [3.05, 3.63) is 39.9 Å². The van der Waals surface area contributed by atoms with Crippen molar-refractivity contribution in [2.45, 2.75) is 13.0 Å². The lowest BCUT2D eigenvalue weighted by molar-refractivity contribution is -0.385. The molecule has 1 aromatic rings. The van der Waals surface area contributed by atoms with E-state index in [0.29, 0.717) is 12.1 Å². The molecule has 1 aromatic carbocycles. The highest BCUT2D eigenvalue weighted by Crippen LogP contribution is 2.23. The lowest BCUT2D eigenvalue weighted by Gasteiger charge is -2.13. The summed E-state index contributed by atoms with van der Waals surface area (Å²) in [4.78, 5) is 10.3. The van der Waals surface area contributed by atoms with Crippen molar-refractivity contribution in [1.29, 1.82) is 0 Å². The van der Waals surface area contributed by atoms with Gasteiger partial charge in [-0.15, -0.1) is 0 Å². The minimum Gasteiger partial charge on any atom is -0.395 e. The molecule has 0 spiro atoms. The molecule has 5 heteroatoms. The number of aliphatic hydroxyl groups is 1. The van der Waals surface area contributed by atoms with Gasteiger partial charge in [0.05, 0.1) is 11.5 Å². The summed E-state index contributed by atoms with van der Waals surface area (Å²) in [5, 5.41) is 22.4. The lowest BCUT2D eigenvalue weighted by Crippen LogP contribution is -2.22. The van der Waals surface area contributed by atoms with Gasteiger partial charge in [0.1, 0.15) is 0 Å². The number of rotatable bonds is 5. The Kier molecular flexibility index (Phi) is 4.20.